The Morgan fingerprint density at radius 2 is 1.82 bits per heavy atom. The van der Waals surface area contributed by atoms with Gasteiger partial charge < -0.3 is 14.8 Å². The van der Waals surface area contributed by atoms with E-state index in [1.54, 1.807) is 12.4 Å². The van der Waals surface area contributed by atoms with E-state index in [1.165, 1.54) is 0 Å². The maximum absolute atomic E-state index is 11.0. The number of ether oxygens (including phenoxy) is 1. The normalized spacial score (nSPS) is 23.8. The first kappa shape index (κ1) is 20.2. The molecular weight excluding hydrogens is 440 g/mol. The summed E-state index contributed by atoms with van der Waals surface area (Å²) in [7, 11) is 0. The molecule has 0 bridgehead atoms. The van der Waals surface area contributed by atoms with E-state index in [9.17, 15) is 4.79 Å². The van der Waals surface area contributed by atoms with Crippen LogP contribution in [0.15, 0.2) is 54.9 Å². The molecule has 1 spiro atoms. The van der Waals surface area contributed by atoms with Crippen molar-refractivity contribution in [3.8, 4) is 28.5 Å². The van der Waals surface area contributed by atoms with Crippen molar-refractivity contribution in [1.29, 1.82) is 0 Å². The first-order valence-corrected chi connectivity index (χ1v) is 11.3. The molecule has 2 N–H and O–H groups in total. The quantitative estimate of drug-likeness (QED) is 0.415. The average Bonchev–Trinajstić information content (AvgIpc) is 3.18. The van der Waals surface area contributed by atoms with Gasteiger partial charge in [-0.1, -0.05) is 11.6 Å². The van der Waals surface area contributed by atoms with Gasteiger partial charge in [0.2, 0.25) is 5.88 Å². The molecule has 2 aliphatic rings. The van der Waals surface area contributed by atoms with Crippen molar-refractivity contribution >= 4 is 28.6 Å². The molecule has 7 nitrogen and oxygen atoms in total. The molecule has 0 unspecified atom stereocenters. The van der Waals surface area contributed by atoms with E-state index < -0.39 is 5.97 Å². The van der Waals surface area contributed by atoms with Crippen LogP contribution in [0.1, 0.15) is 25.7 Å². The third kappa shape index (κ3) is 3.72. The van der Waals surface area contributed by atoms with Crippen LogP contribution in [0.3, 0.4) is 0 Å². The van der Waals surface area contributed by atoms with Crippen LogP contribution in [-0.2, 0) is 4.79 Å². The molecule has 33 heavy (non-hydrogen) atoms. The standard InChI is InChI=1S/C25H21ClN4O3/c26-17-3-5-20-21(7-17)30-23(29-20)15-1-4-19(27-13-15)14-2-6-22(28-12-14)33-18-10-25(11-18)8-16(9-25)24(31)32/h1-7,12-13,16,18H,8-11H2,(H,29,30)(H,31,32). The lowest BCUT2D eigenvalue weighted by Crippen LogP contribution is -2.53. The summed E-state index contributed by atoms with van der Waals surface area (Å²) in [5.74, 6) is 0.483. The Morgan fingerprint density at radius 1 is 1.03 bits per heavy atom. The maximum Gasteiger partial charge on any atom is 0.306 e. The predicted octanol–water partition coefficient (Wildman–Crippen LogP) is 5.36. The van der Waals surface area contributed by atoms with Crippen molar-refractivity contribution < 1.29 is 14.6 Å². The number of aromatic amines is 1. The van der Waals surface area contributed by atoms with E-state index in [1.807, 2.05) is 42.5 Å². The van der Waals surface area contributed by atoms with E-state index >= 15 is 0 Å². The van der Waals surface area contributed by atoms with Gasteiger partial charge in [-0.25, -0.2) is 9.97 Å². The summed E-state index contributed by atoms with van der Waals surface area (Å²) in [6.45, 7) is 0. The molecule has 2 aliphatic carbocycles. The van der Waals surface area contributed by atoms with Gasteiger partial charge in [0.05, 0.1) is 22.6 Å². The molecule has 0 atom stereocenters. The zero-order valence-electron chi connectivity index (χ0n) is 17.7. The summed E-state index contributed by atoms with van der Waals surface area (Å²) >= 11 is 6.06. The van der Waals surface area contributed by atoms with E-state index in [-0.39, 0.29) is 17.4 Å². The number of rotatable bonds is 5. The second-order valence-electron chi connectivity index (χ2n) is 9.16. The van der Waals surface area contributed by atoms with Crippen molar-refractivity contribution in [1.82, 2.24) is 19.9 Å². The van der Waals surface area contributed by atoms with Crippen LogP contribution in [-0.4, -0.2) is 37.1 Å². The molecular formula is C25H21ClN4O3. The number of aromatic nitrogens is 4. The van der Waals surface area contributed by atoms with Gasteiger partial charge in [0, 0.05) is 34.6 Å². The second-order valence-corrected chi connectivity index (χ2v) is 9.59. The van der Waals surface area contributed by atoms with E-state index in [0.29, 0.717) is 10.9 Å². The number of halogens is 1. The number of aliphatic carboxylic acids is 1. The van der Waals surface area contributed by atoms with Crippen LogP contribution in [0.2, 0.25) is 5.02 Å². The molecule has 0 amide bonds. The number of carboxylic acids is 1. The summed E-state index contributed by atoms with van der Waals surface area (Å²) in [4.78, 5) is 27.9. The summed E-state index contributed by atoms with van der Waals surface area (Å²) < 4.78 is 5.98. The molecule has 4 aromatic rings. The highest BCUT2D eigenvalue weighted by Crippen LogP contribution is 2.59. The van der Waals surface area contributed by atoms with Gasteiger partial charge in [0.25, 0.3) is 0 Å². The van der Waals surface area contributed by atoms with Crippen molar-refractivity contribution in [3.05, 3.63) is 59.9 Å². The summed E-state index contributed by atoms with van der Waals surface area (Å²) in [5.41, 5.74) is 4.53. The molecule has 6 rings (SSSR count). The molecule has 166 valence electrons. The molecule has 8 heteroatoms. The van der Waals surface area contributed by atoms with Gasteiger partial charge >= 0.3 is 5.97 Å². The SMILES string of the molecule is O=C(O)C1CC2(CC(Oc3ccc(-c4ccc(-c5nc6ccc(Cl)cc6[nH]5)cn4)cn3)C2)C1. The van der Waals surface area contributed by atoms with Gasteiger partial charge in [-0.05, 0) is 67.5 Å². The zero-order valence-corrected chi connectivity index (χ0v) is 18.4. The van der Waals surface area contributed by atoms with Crippen LogP contribution in [0.25, 0.3) is 33.7 Å². The number of hydrogen-bond donors (Lipinski definition) is 2. The van der Waals surface area contributed by atoms with Gasteiger partial charge in [-0.3, -0.25) is 9.78 Å². The smallest absolute Gasteiger partial charge is 0.306 e. The minimum Gasteiger partial charge on any atom is -0.481 e. The Labute approximate surface area is 194 Å². The number of hydrogen-bond acceptors (Lipinski definition) is 5. The number of pyridine rings is 2. The molecule has 3 heterocycles. The molecule has 0 aliphatic heterocycles. The lowest BCUT2D eigenvalue weighted by Gasteiger charge is -2.55. The zero-order chi connectivity index (χ0) is 22.6. The predicted molar refractivity (Wildman–Crippen MR) is 124 cm³/mol. The van der Waals surface area contributed by atoms with Crippen molar-refractivity contribution in [3.63, 3.8) is 0 Å². The van der Waals surface area contributed by atoms with Crippen molar-refractivity contribution in [2.75, 3.05) is 0 Å². The fraction of sp³-hybridized carbons (Fsp3) is 0.280. The topological polar surface area (TPSA) is 101 Å². The van der Waals surface area contributed by atoms with Gasteiger partial charge in [-0.2, -0.15) is 0 Å². The Bertz CT molecular complexity index is 1340. The lowest BCUT2D eigenvalue weighted by atomic mass is 9.50. The van der Waals surface area contributed by atoms with Crippen LogP contribution in [0, 0.1) is 11.3 Å². The van der Waals surface area contributed by atoms with Crippen LogP contribution in [0.4, 0.5) is 0 Å². The minimum absolute atomic E-state index is 0.120. The first-order valence-electron chi connectivity index (χ1n) is 10.9. The van der Waals surface area contributed by atoms with Crippen molar-refractivity contribution in [2.24, 2.45) is 11.3 Å². The monoisotopic (exact) mass is 460 g/mol. The van der Waals surface area contributed by atoms with Crippen LogP contribution in [0.5, 0.6) is 5.88 Å². The van der Waals surface area contributed by atoms with Crippen LogP contribution >= 0.6 is 11.6 Å². The van der Waals surface area contributed by atoms with E-state index in [0.717, 1.165) is 59.4 Å². The molecule has 1 aromatic carbocycles. The molecule has 0 radical (unpaired) electrons. The Balaban J connectivity index is 1.09. The fourth-order valence-corrected chi connectivity index (χ4v) is 5.25. The highest BCUT2D eigenvalue weighted by Gasteiger charge is 2.55. The highest BCUT2D eigenvalue weighted by atomic mass is 35.5. The van der Waals surface area contributed by atoms with Crippen LogP contribution < -0.4 is 4.74 Å². The first-order chi connectivity index (χ1) is 16.0. The van der Waals surface area contributed by atoms with Crippen molar-refractivity contribution in [2.45, 2.75) is 31.8 Å². The summed E-state index contributed by atoms with van der Waals surface area (Å²) in [6, 6.07) is 13.3. The third-order valence-corrected chi connectivity index (χ3v) is 7.06. The molecule has 0 saturated heterocycles. The summed E-state index contributed by atoms with van der Waals surface area (Å²) in [6.07, 6.45) is 7.05. The number of H-pyrrole nitrogens is 1. The lowest BCUT2D eigenvalue weighted by molar-refractivity contribution is -0.161. The Kier molecular flexibility index (Phi) is 4.62. The number of nitrogens with one attached hydrogen (secondary N) is 1. The van der Waals surface area contributed by atoms with Gasteiger partial charge in [0.1, 0.15) is 11.9 Å². The Hall–Kier alpha value is -3.45. The summed E-state index contributed by atoms with van der Waals surface area (Å²) in [5, 5.41) is 9.73. The molecule has 3 aromatic heterocycles. The molecule has 2 fully saturated rings. The average molecular weight is 461 g/mol. The highest BCUT2D eigenvalue weighted by molar-refractivity contribution is 6.31. The fourth-order valence-electron chi connectivity index (χ4n) is 5.08. The number of imidazole rings is 1. The maximum atomic E-state index is 11.0. The largest absolute Gasteiger partial charge is 0.481 e. The van der Waals surface area contributed by atoms with E-state index in [4.69, 9.17) is 21.4 Å². The number of carboxylic acid groups (broad SMARTS) is 1. The van der Waals surface area contributed by atoms with Gasteiger partial charge in [0.15, 0.2) is 0 Å². The Morgan fingerprint density at radius 3 is 2.52 bits per heavy atom. The number of fused-ring (bicyclic) bond motifs is 1. The number of benzene rings is 1. The van der Waals surface area contributed by atoms with E-state index in [2.05, 4.69) is 19.9 Å². The third-order valence-electron chi connectivity index (χ3n) is 6.83. The van der Waals surface area contributed by atoms with Gasteiger partial charge in [-0.15, -0.1) is 0 Å². The minimum atomic E-state index is -0.675. The number of carbonyl (C=O) groups is 1. The second kappa shape index (κ2) is 7.56. The molecule has 2 saturated carbocycles. The number of nitrogens with zero attached hydrogens (tertiary/aromatic N) is 3.